The van der Waals surface area contributed by atoms with Crippen LogP contribution < -0.4 is 15.4 Å². The standard InChI is InChI=1S/C17H16F2N2O3/c1-11(22)21-14-6-2-12(3-7-14)10-20-16(23)13-4-8-15(9-5-13)24-17(18)19/h2-9,17H,10H2,1H3,(H,20,23)(H,21,22). The highest BCUT2D eigenvalue weighted by Gasteiger charge is 2.08. The molecule has 0 aromatic heterocycles. The summed E-state index contributed by atoms with van der Waals surface area (Å²) in [5, 5.41) is 5.37. The molecule has 2 aromatic rings. The minimum absolute atomic E-state index is 0.00453. The van der Waals surface area contributed by atoms with E-state index in [1.807, 2.05) is 0 Å². The van der Waals surface area contributed by atoms with Gasteiger partial charge in [0.15, 0.2) is 0 Å². The zero-order valence-corrected chi connectivity index (χ0v) is 12.9. The van der Waals surface area contributed by atoms with Gasteiger partial charge in [-0.05, 0) is 42.0 Å². The number of hydrogen-bond acceptors (Lipinski definition) is 3. The van der Waals surface area contributed by atoms with Gasteiger partial charge in [0.05, 0.1) is 0 Å². The number of ether oxygens (including phenoxy) is 1. The van der Waals surface area contributed by atoms with Crippen molar-refractivity contribution in [2.75, 3.05) is 5.32 Å². The largest absolute Gasteiger partial charge is 0.435 e. The summed E-state index contributed by atoms with van der Waals surface area (Å²) < 4.78 is 28.3. The Kier molecular flexibility index (Phi) is 5.83. The van der Waals surface area contributed by atoms with Gasteiger partial charge in [-0.2, -0.15) is 8.78 Å². The van der Waals surface area contributed by atoms with Gasteiger partial charge in [0.2, 0.25) is 5.91 Å². The Morgan fingerprint density at radius 3 is 2.21 bits per heavy atom. The number of benzene rings is 2. The smallest absolute Gasteiger partial charge is 0.387 e. The number of alkyl halides is 2. The molecule has 0 aliphatic carbocycles. The molecule has 2 aromatic carbocycles. The fourth-order valence-electron chi connectivity index (χ4n) is 1.98. The van der Waals surface area contributed by atoms with Crippen molar-refractivity contribution in [3.05, 3.63) is 59.7 Å². The predicted octanol–water partition coefficient (Wildman–Crippen LogP) is 3.18. The van der Waals surface area contributed by atoms with E-state index >= 15 is 0 Å². The minimum Gasteiger partial charge on any atom is -0.435 e. The molecule has 0 fully saturated rings. The van der Waals surface area contributed by atoms with E-state index in [1.165, 1.54) is 31.2 Å². The van der Waals surface area contributed by atoms with Gasteiger partial charge in [0.25, 0.3) is 5.91 Å². The molecule has 0 heterocycles. The average molecular weight is 334 g/mol. The lowest BCUT2D eigenvalue weighted by atomic mass is 10.1. The highest BCUT2D eigenvalue weighted by molar-refractivity contribution is 5.94. The molecule has 126 valence electrons. The van der Waals surface area contributed by atoms with Crippen molar-refractivity contribution >= 4 is 17.5 Å². The molecule has 2 rings (SSSR count). The summed E-state index contributed by atoms with van der Waals surface area (Å²) in [7, 11) is 0. The number of nitrogens with one attached hydrogen (secondary N) is 2. The van der Waals surface area contributed by atoms with Crippen molar-refractivity contribution in [3.8, 4) is 5.75 Å². The van der Waals surface area contributed by atoms with Crippen LogP contribution in [0.1, 0.15) is 22.8 Å². The van der Waals surface area contributed by atoms with Gasteiger partial charge in [-0.25, -0.2) is 0 Å². The second kappa shape index (κ2) is 8.05. The summed E-state index contributed by atoms with van der Waals surface area (Å²) in [6, 6.07) is 12.5. The molecule has 7 heteroatoms. The molecule has 0 saturated carbocycles. The molecular weight excluding hydrogens is 318 g/mol. The Hall–Kier alpha value is -2.96. The highest BCUT2D eigenvalue weighted by Crippen LogP contribution is 2.15. The molecule has 24 heavy (non-hydrogen) atoms. The Morgan fingerprint density at radius 2 is 1.67 bits per heavy atom. The second-order valence-electron chi connectivity index (χ2n) is 4.96. The van der Waals surface area contributed by atoms with Gasteiger partial charge in [-0.15, -0.1) is 0 Å². The van der Waals surface area contributed by atoms with E-state index in [1.54, 1.807) is 24.3 Å². The zero-order valence-electron chi connectivity index (χ0n) is 12.9. The lowest BCUT2D eigenvalue weighted by Crippen LogP contribution is -2.22. The van der Waals surface area contributed by atoms with Crippen LogP contribution in [0.3, 0.4) is 0 Å². The molecule has 0 atom stereocenters. The Balaban J connectivity index is 1.89. The van der Waals surface area contributed by atoms with Crippen LogP contribution in [0.5, 0.6) is 5.75 Å². The Bertz CT molecular complexity index is 701. The number of hydrogen-bond donors (Lipinski definition) is 2. The Morgan fingerprint density at radius 1 is 1.04 bits per heavy atom. The van der Waals surface area contributed by atoms with Crippen LogP contribution in [0.2, 0.25) is 0 Å². The first-order chi connectivity index (χ1) is 11.4. The quantitative estimate of drug-likeness (QED) is 0.853. The van der Waals surface area contributed by atoms with Gasteiger partial charge in [0, 0.05) is 24.7 Å². The predicted molar refractivity (Wildman–Crippen MR) is 85.0 cm³/mol. The SMILES string of the molecule is CC(=O)Nc1ccc(CNC(=O)c2ccc(OC(F)F)cc2)cc1. The van der Waals surface area contributed by atoms with Gasteiger partial charge < -0.3 is 15.4 Å². The van der Waals surface area contributed by atoms with Crippen molar-refractivity contribution in [2.45, 2.75) is 20.1 Å². The average Bonchev–Trinajstić information content (AvgIpc) is 2.53. The molecule has 0 aliphatic rings. The van der Waals surface area contributed by atoms with Gasteiger partial charge >= 0.3 is 6.61 Å². The summed E-state index contributed by atoms with van der Waals surface area (Å²) in [6.07, 6.45) is 0. The summed E-state index contributed by atoms with van der Waals surface area (Å²) in [5.41, 5.74) is 1.87. The number of amides is 2. The fourth-order valence-corrected chi connectivity index (χ4v) is 1.98. The first-order valence-corrected chi connectivity index (χ1v) is 7.13. The monoisotopic (exact) mass is 334 g/mol. The summed E-state index contributed by atoms with van der Waals surface area (Å²) >= 11 is 0. The number of rotatable bonds is 6. The number of halogens is 2. The molecule has 0 aliphatic heterocycles. The first-order valence-electron chi connectivity index (χ1n) is 7.13. The van der Waals surface area contributed by atoms with E-state index in [0.29, 0.717) is 17.8 Å². The van der Waals surface area contributed by atoms with Gasteiger partial charge in [-0.1, -0.05) is 12.1 Å². The minimum atomic E-state index is -2.90. The van der Waals surface area contributed by atoms with Gasteiger partial charge in [0.1, 0.15) is 5.75 Å². The molecule has 0 saturated heterocycles. The van der Waals surface area contributed by atoms with Crippen molar-refractivity contribution < 1.29 is 23.1 Å². The maximum atomic E-state index is 12.1. The van der Waals surface area contributed by atoms with Crippen molar-refractivity contribution in [1.82, 2.24) is 5.32 Å². The van der Waals surface area contributed by atoms with E-state index in [9.17, 15) is 18.4 Å². The molecule has 0 bridgehead atoms. The third-order valence-electron chi connectivity index (χ3n) is 3.07. The maximum absolute atomic E-state index is 12.1. The van der Waals surface area contributed by atoms with E-state index in [2.05, 4.69) is 15.4 Å². The second-order valence-corrected chi connectivity index (χ2v) is 4.96. The van der Waals surface area contributed by atoms with Crippen LogP contribution >= 0.6 is 0 Å². The van der Waals surface area contributed by atoms with Crippen LogP contribution in [-0.4, -0.2) is 18.4 Å². The molecule has 0 spiro atoms. The number of carbonyl (C=O) groups is 2. The van der Waals surface area contributed by atoms with Crippen molar-refractivity contribution in [2.24, 2.45) is 0 Å². The number of carbonyl (C=O) groups excluding carboxylic acids is 2. The fraction of sp³-hybridized carbons (Fsp3) is 0.176. The summed E-state index contributed by atoms with van der Waals surface area (Å²) in [5.74, 6) is -0.491. The lowest BCUT2D eigenvalue weighted by molar-refractivity contribution is -0.114. The first kappa shape index (κ1) is 17.4. The van der Waals surface area contributed by atoms with E-state index in [0.717, 1.165) is 5.56 Å². The third kappa shape index (κ3) is 5.35. The molecule has 2 N–H and O–H groups in total. The van der Waals surface area contributed by atoms with Gasteiger partial charge in [-0.3, -0.25) is 9.59 Å². The van der Waals surface area contributed by atoms with E-state index in [-0.39, 0.29) is 17.6 Å². The molecular formula is C17H16F2N2O3. The molecule has 0 radical (unpaired) electrons. The summed E-state index contributed by atoms with van der Waals surface area (Å²) in [6.45, 7) is -1.18. The van der Waals surface area contributed by atoms with Crippen molar-refractivity contribution in [3.63, 3.8) is 0 Å². The van der Waals surface area contributed by atoms with Crippen molar-refractivity contribution in [1.29, 1.82) is 0 Å². The van der Waals surface area contributed by atoms with Crippen LogP contribution in [0.15, 0.2) is 48.5 Å². The normalized spacial score (nSPS) is 10.3. The lowest BCUT2D eigenvalue weighted by Gasteiger charge is -2.08. The van der Waals surface area contributed by atoms with Crippen LogP contribution in [0.4, 0.5) is 14.5 Å². The van der Waals surface area contributed by atoms with Crippen LogP contribution in [-0.2, 0) is 11.3 Å². The van der Waals surface area contributed by atoms with E-state index in [4.69, 9.17) is 0 Å². The maximum Gasteiger partial charge on any atom is 0.387 e. The third-order valence-corrected chi connectivity index (χ3v) is 3.07. The molecule has 0 unspecified atom stereocenters. The summed E-state index contributed by atoms with van der Waals surface area (Å²) in [4.78, 5) is 22.9. The molecule has 2 amide bonds. The number of anilines is 1. The highest BCUT2D eigenvalue weighted by atomic mass is 19.3. The topological polar surface area (TPSA) is 67.4 Å². The van der Waals surface area contributed by atoms with Crippen LogP contribution in [0, 0.1) is 0 Å². The van der Waals surface area contributed by atoms with E-state index < -0.39 is 6.61 Å². The zero-order chi connectivity index (χ0) is 17.5. The van der Waals surface area contributed by atoms with Crippen LogP contribution in [0.25, 0.3) is 0 Å². The Labute approximate surface area is 137 Å². The molecule has 5 nitrogen and oxygen atoms in total.